The molecule has 2 nitrogen and oxygen atoms in total. The summed E-state index contributed by atoms with van der Waals surface area (Å²) in [4.78, 5) is 12.1. The summed E-state index contributed by atoms with van der Waals surface area (Å²) in [6.07, 6.45) is 0. The van der Waals surface area contributed by atoms with Gasteiger partial charge in [0, 0.05) is 21.4 Å². The first-order valence-electron chi connectivity index (χ1n) is 5.11. The number of fused-ring (bicyclic) bond motifs is 1. The topological polar surface area (TPSA) is 30.2 Å². The predicted molar refractivity (Wildman–Crippen MR) is 74.0 cm³/mol. The van der Waals surface area contributed by atoms with E-state index in [0.717, 1.165) is 5.39 Å². The maximum Gasteiger partial charge on any atom is 0.229 e. The number of carbonyl (C=O) groups excluding carboxylic acids is 1. The lowest BCUT2D eigenvalue weighted by atomic mass is 10.1. The van der Waals surface area contributed by atoms with Crippen molar-refractivity contribution < 1.29 is 9.21 Å². The number of ketones is 1. The number of benzene rings is 1. The van der Waals surface area contributed by atoms with Crippen LogP contribution >= 0.6 is 34.5 Å². The molecule has 18 heavy (non-hydrogen) atoms. The summed E-state index contributed by atoms with van der Waals surface area (Å²) in [6, 6.07) is 8.56. The van der Waals surface area contributed by atoms with Gasteiger partial charge in [-0.05, 0) is 30.3 Å². The minimum atomic E-state index is -0.175. The van der Waals surface area contributed by atoms with E-state index in [4.69, 9.17) is 27.6 Å². The van der Waals surface area contributed by atoms with Gasteiger partial charge in [0.2, 0.25) is 5.78 Å². The molecule has 0 aliphatic rings. The van der Waals surface area contributed by atoms with Crippen LogP contribution in [-0.4, -0.2) is 5.78 Å². The molecule has 0 saturated heterocycles. The Morgan fingerprint density at radius 3 is 2.72 bits per heavy atom. The molecule has 2 aromatic heterocycles. The average molecular weight is 297 g/mol. The van der Waals surface area contributed by atoms with Crippen molar-refractivity contribution in [2.75, 3.05) is 0 Å². The highest BCUT2D eigenvalue weighted by atomic mass is 35.5. The standard InChI is InChI=1S/C13H6Cl2O2S/c14-9-1-2-10-7(3-9)4-11(17-10)13(16)8-5-12(15)18-6-8/h1-6H. The third-order valence-corrected chi connectivity index (χ3v) is 3.86. The van der Waals surface area contributed by atoms with Crippen molar-refractivity contribution in [1.29, 1.82) is 0 Å². The zero-order chi connectivity index (χ0) is 12.7. The fourth-order valence-electron chi connectivity index (χ4n) is 1.70. The summed E-state index contributed by atoms with van der Waals surface area (Å²) in [6.45, 7) is 0. The van der Waals surface area contributed by atoms with Crippen molar-refractivity contribution in [1.82, 2.24) is 0 Å². The lowest BCUT2D eigenvalue weighted by Gasteiger charge is -1.91. The van der Waals surface area contributed by atoms with Crippen LogP contribution in [0.25, 0.3) is 11.0 Å². The fourth-order valence-corrected chi connectivity index (χ4v) is 2.74. The highest BCUT2D eigenvalue weighted by Gasteiger charge is 2.16. The zero-order valence-corrected chi connectivity index (χ0v) is 11.3. The molecule has 0 saturated carbocycles. The van der Waals surface area contributed by atoms with E-state index in [-0.39, 0.29) is 5.78 Å². The molecule has 90 valence electrons. The maximum absolute atomic E-state index is 12.1. The molecule has 0 aliphatic carbocycles. The Hall–Kier alpha value is -1.29. The first-order chi connectivity index (χ1) is 8.63. The number of carbonyl (C=O) groups is 1. The molecule has 5 heteroatoms. The van der Waals surface area contributed by atoms with E-state index in [2.05, 4.69) is 0 Å². The van der Waals surface area contributed by atoms with Crippen LogP contribution < -0.4 is 0 Å². The van der Waals surface area contributed by atoms with Crippen molar-refractivity contribution in [3.8, 4) is 0 Å². The number of furan rings is 1. The van der Waals surface area contributed by atoms with E-state index in [0.29, 0.717) is 26.3 Å². The Bertz CT molecular complexity index is 742. The molecule has 0 spiro atoms. The lowest BCUT2D eigenvalue weighted by molar-refractivity contribution is 0.101. The van der Waals surface area contributed by atoms with Gasteiger partial charge in [-0.1, -0.05) is 23.2 Å². The maximum atomic E-state index is 12.1. The van der Waals surface area contributed by atoms with Gasteiger partial charge in [-0.15, -0.1) is 11.3 Å². The Morgan fingerprint density at radius 1 is 1.17 bits per heavy atom. The Kier molecular flexibility index (Phi) is 2.90. The van der Waals surface area contributed by atoms with Crippen LogP contribution in [0.2, 0.25) is 9.36 Å². The number of hydrogen-bond donors (Lipinski definition) is 0. The van der Waals surface area contributed by atoms with Crippen LogP contribution in [0, 0.1) is 0 Å². The largest absolute Gasteiger partial charge is 0.453 e. The van der Waals surface area contributed by atoms with Crippen LogP contribution in [-0.2, 0) is 0 Å². The van der Waals surface area contributed by atoms with Gasteiger partial charge < -0.3 is 4.42 Å². The summed E-state index contributed by atoms with van der Waals surface area (Å²) in [5.74, 6) is 0.118. The number of hydrogen-bond acceptors (Lipinski definition) is 3. The van der Waals surface area contributed by atoms with Gasteiger partial charge in [0.15, 0.2) is 5.76 Å². The van der Waals surface area contributed by atoms with E-state index in [1.54, 1.807) is 35.7 Å². The molecule has 0 aliphatic heterocycles. The monoisotopic (exact) mass is 296 g/mol. The third-order valence-electron chi connectivity index (χ3n) is 2.53. The van der Waals surface area contributed by atoms with Crippen molar-refractivity contribution >= 4 is 51.3 Å². The molecule has 3 rings (SSSR count). The number of thiophene rings is 1. The van der Waals surface area contributed by atoms with Crippen LogP contribution in [0.1, 0.15) is 16.1 Å². The van der Waals surface area contributed by atoms with E-state index in [1.165, 1.54) is 11.3 Å². The van der Waals surface area contributed by atoms with Gasteiger partial charge in [-0.2, -0.15) is 0 Å². The van der Waals surface area contributed by atoms with Gasteiger partial charge in [0.05, 0.1) is 4.34 Å². The third kappa shape index (κ3) is 2.05. The second-order valence-corrected chi connectivity index (χ2v) is 5.74. The molecule has 3 aromatic rings. The fraction of sp³-hybridized carbons (Fsp3) is 0. The summed E-state index contributed by atoms with van der Waals surface area (Å²) in [5.41, 5.74) is 1.18. The first kappa shape index (κ1) is 11.8. The number of rotatable bonds is 2. The summed E-state index contributed by atoms with van der Waals surface area (Å²) >= 11 is 13.0. The Labute approximate surface area is 117 Å². The second kappa shape index (κ2) is 4.43. The predicted octanol–water partition coefficient (Wildman–Crippen LogP) is 5.03. The minimum Gasteiger partial charge on any atom is -0.453 e. The minimum absolute atomic E-state index is 0.175. The molecule has 0 atom stereocenters. The van der Waals surface area contributed by atoms with Crippen LogP contribution in [0.3, 0.4) is 0 Å². The smallest absolute Gasteiger partial charge is 0.229 e. The van der Waals surface area contributed by atoms with E-state index in [9.17, 15) is 4.79 Å². The average Bonchev–Trinajstić information content (AvgIpc) is 2.93. The van der Waals surface area contributed by atoms with Gasteiger partial charge in [0.25, 0.3) is 0 Å². The molecule has 2 heterocycles. The van der Waals surface area contributed by atoms with Crippen LogP contribution in [0.5, 0.6) is 0 Å². The van der Waals surface area contributed by atoms with E-state index in [1.807, 2.05) is 0 Å². The summed E-state index contributed by atoms with van der Waals surface area (Å²) in [7, 11) is 0. The summed E-state index contributed by atoms with van der Waals surface area (Å²) < 4.78 is 6.08. The van der Waals surface area contributed by atoms with Crippen LogP contribution in [0.15, 0.2) is 40.1 Å². The van der Waals surface area contributed by atoms with Crippen molar-refractivity contribution in [3.63, 3.8) is 0 Å². The summed E-state index contributed by atoms with van der Waals surface area (Å²) in [5, 5.41) is 3.14. The van der Waals surface area contributed by atoms with Gasteiger partial charge in [0.1, 0.15) is 5.58 Å². The molecule has 0 bridgehead atoms. The highest BCUT2D eigenvalue weighted by Crippen LogP contribution is 2.27. The molecule has 0 fully saturated rings. The Balaban J connectivity index is 2.06. The normalized spacial score (nSPS) is 11.0. The lowest BCUT2D eigenvalue weighted by Crippen LogP contribution is -1.96. The molecule has 0 radical (unpaired) electrons. The zero-order valence-electron chi connectivity index (χ0n) is 8.94. The van der Waals surface area contributed by atoms with Crippen molar-refractivity contribution in [2.24, 2.45) is 0 Å². The highest BCUT2D eigenvalue weighted by molar-refractivity contribution is 7.14. The van der Waals surface area contributed by atoms with Crippen LogP contribution in [0.4, 0.5) is 0 Å². The molecular weight excluding hydrogens is 291 g/mol. The Morgan fingerprint density at radius 2 is 2.00 bits per heavy atom. The number of halogens is 2. The second-order valence-electron chi connectivity index (χ2n) is 3.76. The van der Waals surface area contributed by atoms with Gasteiger partial charge in [-0.25, -0.2) is 0 Å². The van der Waals surface area contributed by atoms with Crippen molar-refractivity contribution in [2.45, 2.75) is 0 Å². The van der Waals surface area contributed by atoms with Gasteiger partial charge in [-0.3, -0.25) is 4.79 Å². The van der Waals surface area contributed by atoms with E-state index >= 15 is 0 Å². The first-order valence-corrected chi connectivity index (χ1v) is 6.75. The van der Waals surface area contributed by atoms with E-state index < -0.39 is 0 Å². The molecular formula is C13H6Cl2O2S. The van der Waals surface area contributed by atoms with Crippen molar-refractivity contribution in [3.05, 3.63) is 56.4 Å². The molecule has 0 amide bonds. The van der Waals surface area contributed by atoms with Gasteiger partial charge >= 0.3 is 0 Å². The SMILES string of the molecule is O=C(c1csc(Cl)c1)c1cc2cc(Cl)ccc2o1. The quantitative estimate of drug-likeness (QED) is 0.621. The molecule has 1 aromatic carbocycles. The molecule has 0 unspecified atom stereocenters. The molecule has 0 N–H and O–H groups in total.